The van der Waals surface area contributed by atoms with E-state index in [1.807, 2.05) is 6.07 Å². The first-order valence-electron chi connectivity index (χ1n) is 11.8. The first-order chi connectivity index (χ1) is 15.3. The molecule has 0 amide bonds. The molecule has 4 rings (SSSR count). The monoisotopic (exact) mass is 507 g/mol. The van der Waals surface area contributed by atoms with Crippen LogP contribution in [0.5, 0.6) is 5.75 Å². The Kier molecular flexibility index (Phi) is 9.63. The van der Waals surface area contributed by atoms with Gasteiger partial charge in [0.15, 0.2) is 5.65 Å². The Bertz CT molecular complexity index is 1130. The Balaban J connectivity index is 0.00000204. The van der Waals surface area contributed by atoms with Crippen molar-refractivity contribution in [2.24, 2.45) is 5.92 Å². The number of methoxy groups -OCH3 is 1. The van der Waals surface area contributed by atoms with Gasteiger partial charge in [0.2, 0.25) is 0 Å². The minimum absolute atomic E-state index is 0. The fourth-order valence-corrected chi connectivity index (χ4v) is 4.84. The number of fused-ring (bicyclic) bond motifs is 2. The summed E-state index contributed by atoms with van der Waals surface area (Å²) in [5.74, 6) is 2.69. The van der Waals surface area contributed by atoms with Crippen LogP contribution in [0.4, 0.5) is 5.82 Å². The number of aryl methyl sites for hydroxylation is 3. The van der Waals surface area contributed by atoms with Crippen LogP contribution in [-0.4, -0.2) is 60.3 Å². The highest BCUT2D eigenvalue weighted by Crippen LogP contribution is 2.37. The predicted molar refractivity (Wildman–Crippen MR) is 147 cm³/mol. The summed E-state index contributed by atoms with van der Waals surface area (Å²) < 4.78 is 7.57. The molecule has 0 fully saturated rings. The van der Waals surface area contributed by atoms with Gasteiger partial charge in [-0.3, -0.25) is 0 Å². The average molecular weight is 509 g/mol. The molecule has 0 radical (unpaired) electrons. The zero-order valence-electron chi connectivity index (χ0n) is 21.5. The molecule has 0 saturated heterocycles. The zero-order valence-corrected chi connectivity index (χ0v) is 23.1. The van der Waals surface area contributed by atoms with Crippen LogP contribution in [0, 0.1) is 19.8 Å². The standard InChI is InChI=1S/C26H37N5O.2ClH/c1-17(2)16-30(14-13-29(5)6)26-22-9-8-10-23(22)27-25-24(19(4)28-31(25)26)21-12-11-20(32-7)15-18(21)3;;/h11-12,15,17H,8-10,13-14,16H2,1-7H3;2*1H. The van der Waals surface area contributed by atoms with Crippen LogP contribution in [-0.2, 0) is 12.8 Å². The molecule has 0 spiro atoms. The van der Waals surface area contributed by atoms with Crippen molar-refractivity contribution >= 4 is 36.3 Å². The van der Waals surface area contributed by atoms with Gasteiger partial charge in [0.1, 0.15) is 11.6 Å². The molecule has 0 bridgehead atoms. The highest BCUT2D eigenvalue weighted by molar-refractivity contribution is 5.86. The number of aromatic nitrogens is 3. The summed E-state index contributed by atoms with van der Waals surface area (Å²) in [4.78, 5) is 9.98. The minimum atomic E-state index is 0. The van der Waals surface area contributed by atoms with Crippen molar-refractivity contribution in [1.29, 1.82) is 0 Å². The summed E-state index contributed by atoms with van der Waals surface area (Å²) in [5.41, 5.74) is 8.13. The summed E-state index contributed by atoms with van der Waals surface area (Å²) in [6.45, 7) is 11.8. The normalized spacial score (nSPS) is 12.6. The summed E-state index contributed by atoms with van der Waals surface area (Å²) in [6.07, 6.45) is 3.30. The van der Waals surface area contributed by atoms with E-state index in [4.69, 9.17) is 14.8 Å². The van der Waals surface area contributed by atoms with Crippen molar-refractivity contribution in [3.63, 3.8) is 0 Å². The van der Waals surface area contributed by atoms with Gasteiger partial charge < -0.3 is 14.5 Å². The second kappa shape index (κ2) is 11.6. The van der Waals surface area contributed by atoms with E-state index in [1.54, 1.807) is 7.11 Å². The van der Waals surface area contributed by atoms with Crippen LogP contribution >= 0.6 is 24.8 Å². The summed E-state index contributed by atoms with van der Waals surface area (Å²) in [7, 11) is 5.99. The van der Waals surface area contributed by atoms with E-state index >= 15 is 0 Å². The molecule has 3 aromatic rings. The zero-order chi connectivity index (χ0) is 23.0. The lowest BCUT2D eigenvalue weighted by Gasteiger charge is -2.30. The van der Waals surface area contributed by atoms with Gasteiger partial charge in [-0.15, -0.1) is 24.8 Å². The third-order valence-corrected chi connectivity index (χ3v) is 6.34. The van der Waals surface area contributed by atoms with Gasteiger partial charge in [-0.25, -0.2) is 4.98 Å². The van der Waals surface area contributed by atoms with Crippen LogP contribution in [0.15, 0.2) is 18.2 Å². The lowest BCUT2D eigenvalue weighted by atomic mass is 10.0. The molecule has 0 saturated carbocycles. The molecule has 0 atom stereocenters. The van der Waals surface area contributed by atoms with E-state index in [9.17, 15) is 0 Å². The molecule has 188 valence electrons. The maximum absolute atomic E-state index is 5.43. The van der Waals surface area contributed by atoms with Gasteiger partial charge in [0.25, 0.3) is 0 Å². The van der Waals surface area contributed by atoms with E-state index in [0.717, 1.165) is 55.1 Å². The topological polar surface area (TPSA) is 45.9 Å². The maximum Gasteiger partial charge on any atom is 0.165 e. The largest absolute Gasteiger partial charge is 0.497 e. The lowest BCUT2D eigenvalue weighted by Crippen LogP contribution is -2.36. The Morgan fingerprint density at radius 2 is 1.82 bits per heavy atom. The van der Waals surface area contributed by atoms with Gasteiger partial charge in [-0.1, -0.05) is 19.9 Å². The molecular weight excluding hydrogens is 469 g/mol. The molecule has 1 aliphatic rings. The van der Waals surface area contributed by atoms with Crippen molar-refractivity contribution in [2.45, 2.75) is 47.0 Å². The first-order valence-corrected chi connectivity index (χ1v) is 11.8. The van der Waals surface area contributed by atoms with Crippen LogP contribution in [0.1, 0.15) is 42.8 Å². The number of halogens is 2. The second-order valence-electron chi connectivity index (χ2n) is 9.73. The van der Waals surface area contributed by atoms with E-state index in [0.29, 0.717) is 5.92 Å². The Morgan fingerprint density at radius 3 is 2.44 bits per heavy atom. The van der Waals surface area contributed by atoms with Crippen LogP contribution in [0.25, 0.3) is 16.8 Å². The number of ether oxygens (including phenoxy) is 1. The number of anilines is 1. The number of rotatable bonds is 8. The maximum atomic E-state index is 5.43. The summed E-state index contributed by atoms with van der Waals surface area (Å²) in [5, 5.41) is 5.07. The van der Waals surface area contributed by atoms with Crippen molar-refractivity contribution in [3.8, 4) is 16.9 Å². The highest BCUT2D eigenvalue weighted by atomic mass is 35.5. The number of benzene rings is 1. The molecule has 0 aliphatic heterocycles. The summed E-state index contributed by atoms with van der Waals surface area (Å²) >= 11 is 0. The van der Waals surface area contributed by atoms with Crippen LogP contribution in [0.3, 0.4) is 0 Å². The smallest absolute Gasteiger partial charge is 0.165 e. The Morgan fingerprint density at radius 1 is 1.09 bits per heavy atom. The average Bonchev–Trinajstić information content (AvgIpc) is 3.32. The third kappa shape index (κ3) is 5.45. The van der Waals surface area contributed by atoms with Gasteiger partial charge in [-0.05, 0) is 76.4 Å². The molecule has 1 aliphatic carbocycles. The van der Waals surface area contributed by atoms with E-state index in [2.05, 4.69) is 68.2 Å². The lowest BCUT2D eigenvalue weighted by molar-refractivity contribution is 0.407. The molecule has 6 nitrogen and oxygen atoms in total. The van der Waals surface area contributed by atoms with Crippen molar-refractivity contribution in [3.05, 3.63) is 40.7 Å². The molecule has 1 aromatic carbocycles. The molecule has 34 heavy (non-hydrogen) atoms. The van der Waals surface area contributed by atoms with Gasteiger partial charge in [-0.2, -0.15) is 9.61 Å². The molecular formula is C26H39Cl2N5O. The second-order valence-corrected chi connectivity index (χ2v) is 9.73. The molecule has 8 heteroatoms. The Hall–Kier alpha value is -2.02. The van der Waals surface area contributed by atoms with E-state index in [-0.39, 0.29) is 24.8 Å². The number of likely N-dealkylation sites (N-methyl/N-ethyl adjacent to an activating group) is 1. The fourth-order valence-electron chi connectivity index (χ4n) is 4.84. The summed E-state index contributed by atoms with van der Waals surface area (Å²) in [6, 6.07) is 6.26. The van der Waals surface area contributed by atoms with E-state index < -0.39 is 0 Å². The van der Waals surface area contributed by atoms with Gasteiger partial charge >= 0.3 is 0 Å². The molecule has 0 N–H and O–H groups in total. The number of hydrogen-bond donors (Lipinski definition) is 0. The molecule has 2 aromatic heterocycles. The van der Waals surface area contributed by atoms with Gasteiger partial charge in [0, 0.05) is 36.5 Å². The minimum Gasteiger partial charge on any atom is -0.497 e. The van der Waals surface area contributed by atoms with Crippen molar-refractivity contribution < 1.29 is 4.74 Å². The quantitative estimate of drug-likeness (QED) is 0.409. The van der Waals surface area contributed by atoms with Gasteiger partial charge in [0.05, 0.1) is 12.8 Å². The first kappa shape index (κ1) is 28.2. The number of nitrogens with zero attached hydrogens (tertiary/aromatic N) is 5. The van der Waals surface area contributed by atoms with E-state index in [1.165, 1.54) is 34.6 Å². The molecule has 2 heterocycles. The number of hydrogen-bond acceptors (Lipinski definition) is 5. The van der Waals surface area contributed by atoms with Crippen LogP contribution < -0.4 is 9.64 Å². The molecule has 0 unspecified atom stereocenters. The van der Waals surface area contributed by atoms with Crippen molar-refractivity contribution in [2.75, 3.05) is 45.7 Å². The SMILES string of the molecule is COc1ccc(-c2c(C)nn3c(N(CCN(C)C)CC(C)C)c4c(nc23)CCC4)c(C)c1.Cl.Cl. The predicted octanol–water partition coefficient (Wildman–Crippen LogP) is 5.38. The highest BCUT2D eigenvalue weighted by Gasteiger charge is 2.27. The van der Waals surface area contributed by atoms with Crippen molar-refractivity contribution in [1.82, 2.24) is 19.5 Å². The third-order valence-electron chi connectivity index (χ3n) is 6.34. The fraction of sp³-hybridized carbons (Fsp3) is 0.538. The van der Waals surface area contributed by atoms with Crippen LogP contribution in [0.2, 0.25) is 0 Å². The Labute approximate surface area is 216 Å².